The van der Waals surface area contributed by atoms with Gasteiger partial charge < -0.3 is 14.7 Å². The molecule has 0 spiro atoms. The van der Waals surface area contributed by atoms with E-state index in [1.165, 1.54) is 17.5 Å². The number of unbranched alkanes of at least 4 members (excludes halogenated alkanes) is 1. The summed E-state index contributed by atoms with van der Waals surface area (Å²) >= 11 is 3.48. The molecule has 25 heavy (non-hydrogen) atoms. The molecule has 1 unspecified atom stereocenters. The van der Waals surface area contributed by atoms with Crippen LogP contribution >= 0.6 is 15.9 Å². The average Bonchev–Trinajstić information content (AvgIpc) is 2.79. The fourth-order valence-corrected chi connectivity index (χ4v) is 3.75. The van der Waals surface area contributed by atoms with Gasteiger partial charge >= 0.3 is 0 Å². The van der Waals surface area contributed by atoms with E-state index in [1.807, 2.05) is 12.1 Å². The first-order valence-electron chi connectivity index (χ1n) is 8.97. The van der Waals surface area contributed by atoms with Crippen molar-refractivity contribution in [2.75, 3.05) is 26.7 Å². The summed E-state index contributed by atoms with van der Waals surface area (Å²) in [6, 6.07) is 14.6. The molecule has 1 heterocycles. The molecule has 0 amide bonds. The van der Waals surface area contributed by atoms with Crippen LogP contribution in [0.2, 0.25) is 0 Å². The van der Waals surface area contributed by atoms with Gasteiger partial charge in [-0.2, -0.15) is 0 Å². The second-order valence-corrected chi connectivity index (χ2v) is 7.63. The van der Waals surface area contributed by atoms with E-state index in [2.05, 4.69) is 51.2 Å². The SMILES string of the molecule is COc1ccc2c(c1)CCN(CCCCc1ccc(Br)cc1)CC2O. The topological polar surface area (TPSA) is 32.7 Å². The summed E-state index contributed by atoms with van der Waals surface area (Å²) in [6.45, 7) is 2.76. The molecule has 4 heteroatoms. The number of halogens is 1. The molecule has 2 aromatic carbocycles. The van der Waals surface area contributed by atoms with E-state index in [9.17, 15) is 5.11 Å². The number of rotatable bonds is 6. The predicted octanol–water partition coefficient (Wildman–Crippen LogP) is 4.37. The highest BCUT2D eigenvalue weighted by atomic mass is 79.9. The average molecular weight is 404 g/mol. The van der Waals surface area contributed by atoms with Gasteiger partial charge in [-0.25, -0.2) is 0 Å². The van der Waals surface area contributed by atoms with Crippen molar-refractivity contribution in [1.29, 1.82) is 0 Å². The number of aryl methyl sites for hydroxylation is 1. The largest absolute Gasteiger partial charge is 0.497 e. The first-order valence-corrected chi connectivity index (χ1v) is 9.76. The lowest BCUT2D eigenvalue weighted by molar-refractivity contribution is 0.119. The highest BCUT2D eigenvalue weighted by molar-refractivity contribution is 9.10. The Morgan fingerprint density at radius 2 is 1.96 bits per heavy atom. The van der Waals surface area contributed by atoms with Crippen molar-refractivity contribution in [3.63, 3.8) is 0 Å². The number of methoxy groups -OCH3 is 1. The molecule has 0 aliphatic carbocycles. The van der Waals surface area contributed by atoms with Crippen molar-refractivity contribution in [2.24, 2.45) is 0 Å². The van der Waals surface area contributed by atoms with Crippen LogP contribution in [0.4, 0.5) is 0 Å². The third-order valence-electron chi connectivity index (χ3n) is 4.94. The van der Waals surface area contributed by atoms with Crippen LogP contribution in [0.5, 0.6) is 5.75 Å². The quantitative estimate of drug-likeness (QED) is 0.726. The van der Waals surface area contributed by atoms with Crippen molar-refractivity contribution < 1.29 is 9.84 Å². The van der Waals surface area contributed by atoms with Crippen LogP contribution in [0.15, 0.2) is 46.9 Å². The third kappa shape index (κ3) is 5.06. The molecule has 3 nitrogen and oxygen atoms in total. The second kappa shape index (κ2) is 8.84. The summed E-state index contributed by atoms with van der Waals surface area (Å²) in [5.41, 5.74) is 3.65. The van der Waals surface area contributed by atoms with Gasteiger partial charge in [0, 0.05) is 17.6 Å². The molecule has 2 aromatic rings. The molecule has 3 rings (SSSR count). The normalized spacial score (nSPS) is 17.8. The first kappa shape index (κ1) is 18.4. The maximum Gasteiger partial charge on any atom is 0.119 e. The van der Waals surface area contributed by atoms with E-state index >= 15 is 0 Å². The Labute approximate surface area is 158 Å². The summed E-state index contributed by atoms with van der Waals surface area (Å²) in [5.74, 6) is 0.869. The number of aliphatic hydroxyl groups is 1. The van der Waals surface area contributed by atoms with Crippen LogP contribution in [0.25, 0.3) is 0 Å². The summed E-state index contributed by atoms with van der Waals surface area (Å²) in [6.07, 6.45) is 4.00. The molecule has 0 radical (unpaired) electrons. The Morgan fingerprint density at radius 1 is 1.16 bits per heavy atom. The maximum atomic E-state index is 10.5. The van der Waals surface area contributed by atoms with Crippen molar-refractivity contribution in [2.45, 2.75) is 31.8 Å². The zero-order valence-corrected chi connectivity index (χ0v) is 16.3. The monoisotopic (exact) mass is 403 g/mol. The molecule has 1 aliphatic heterocycles. The minimum atomic E-state index is -0.408. The van der Waals surface area contributed by atoms with Gasteiger partial charge in [0.25, 0.3) is 0 Å². The Morgan fingerprint density at radius 3 is 2.72 bits per heavy atom. The van der Waals surface area contributed by atoms with Crippen LogP contribution in [0, 0.1) is 0 Å². The summed E-state index contributed by atoms with van der Waals surface area (Å²) in [5, 5.41) is 10.5. The number of nitrogens with zero attached hydrogens (tertiary/aromatic N) is 1. The fourth-order valence-electron chi connectivity index (χ4n) is 3.48. The smallest absolute Gasteiger partial charge is 0.119 e. The minimum absolute atomic E-state index is 0.408. The van der Waals surface area contributed by atoms with Crippen LogP contribution in [-0.2, 0) is 12.8 Å². The lowest BCUT2D eigenvalue weighted by Crippen LogP contribution is -2.29. The maximum absolute atomic E-state index is 10.5. The van der Waals surface area contributed by atoms with Gasteiger partial charge in [0.15, 0.2) is 0 Å². The molecule has 0 saturated heterocycles. The first-order chi connectivity index (χ1) is 12.2. The van der Waals surface area contributed by atoms with E-state index in [0.29, 0.717) is 0 Å². The van der Waals surface area contributed by atoms with Crippen molar-refractivity contribution in [3.05, 3.63) is 63.6 Å². The lowest BCUT2D eigenvalue weighted by Gasteiger charge is -2.22. The number of ether oxygens (including phenoxy) is 1. The zero-order chi connectivity index (χ0) is 17.6. The van der Waals surface area contributed by atoms with E-state index < -0.39 is 6.10 Å². The number of aliphatic hydroxyl groups excluding tert-OH is 1. The number of β-amino-alcohol motifs (C(OH)–C–C–N with tert-alkyl or cyclic N) is 1. The van der Waals surface area contributed by atoms with Gasteiger partial charge in [0.2, 0.25) is 0 Å². The van der Waals surface area contributed by atoms with Gasteiger partial charge in [-0.15, -0.1) is 0 Å². The van der Waals surface area contributed by atoms with E-state index in [1.54, 1.807) is 7.11 Å². The van der Waals surface area contributed by atoms with Crippen molar-refractivity contribution >= 4 is 15.9 Å². The predicted molar refractivity (Wildman–Crippen MR) is 105 cm³/mol. The fraction of sp³-hybridized carbons (Fsp3) is 0.429. The lowest BCUT2D eigenvalue weighted by atomic mass is 10.0. The molecule has 1 N–H and O–H groups in total. The van der Waals surface area contributed by atoms with Crippen LogP contribution in [0.3, 0.4) is 0 Å². The second-order valence-electron chi connectivity index (χ2n) is 6.71. The molecule has 0 fully saturated rings. The molecule has 0 saturated carbocycles. The summed E-state index contributed by atoms with van der Waals surface area (Å²) < 4.78 is 6.44. The van der Waals surface area contributed by atoms with Crippen LogP contribution < -0.4 is 4.74 Å². The molecule has 1 aliphatic rings. The van der Waals surface area contributed by atoms with Gasteiger partial charge in [-0.3, -0.25) is 0 Å². The van der Waals surface area contributed by atoms with E-state index in [4.69, 9.17) is 4.74 Å². The Balaban J connectivity index is 1.49. The Bertz CT molecular complexity index is 687. The van der Waals surface area contributed by atoms with Crippen LogP contribution in [0.1, 0.15) is 35.6 Å². The number of benzene rings is 2. The van der Waals surface area contributed by atoms with Crippen molar-refractivity contribution in [1.82, 2.24) is 4.90 Å². The van der Waals surface area contributed by atoms with Gasteiger partial charge in [-0.05, 0) is 73.2 Å². The highest BCUT2D eigenvalue weighted by Gasteiger charge is 2.21. The minimum Gasteiger partial charge on any atom is -0.497 e. The van der Waals surface area contributed by atoms with E-state index in [-0.39, 0.29) is 0 Å². The van der Waals surface area contributed by atoms with Gasteiger partial charge in [0.1, 0.15) is 5.75 Å². The Hall–Kier alpha value is -1.36. The van der Waals surface area contributed by atoms with Gasteiger partial charge in [0.05, 0.1) is 13.2 Å². The number of hydrogen-bond donors (Lipinski definition) is 1. The number of hydrogen-bond acceptors (Lipinski definition) is 3. The molecule has 0 aromatic heterocycles. The van der Waals surface area contributed by atoms with E-state index in [0.717, 1.165) is 54.7 Å². The summed E-state index contributed by atoms with van der Waals surface area (Å²) in [4.78, 5) is 2.39. The standard InChI is InChI=1S/C21H26BrNO2/c1-25-19-9-10-20-17(14-19)11-13-23(15-21(20)24)12-3-2-4-16-5-7-18(22)8-6-16/h5-10,14,21,24H,2-4,11-13,15H2,1H3. The summed E-state index contributed by atoms with van der Waals surface area (Å²) in [7, 11) is 1.69. The third-order valence-corrected chi connectivity index (χ3v) is 5.47. The molecular formula is C21H26BrNO2. The van der Waals surface area contributed by atoms with Crippen LogP contribution in [-0.4, -0.2) is 36.8 Å². The van der Waals surface area contributed by atoms with Crippen molar-refractivity contribution in [3.8, 4) is 5.75 Å². The zero-order valence-electron chi connectivity index (χ0n) is 14.7. The highest BCUT2D eigenvalue weighted by Crippen LogP contribution is 2.27. The molecule has 0 bridgehead atoms. The van der Waals surface area contributed by atoms with Gasteiger partial charge in [-0.1, -0.05) is 34.1 Å². The molecule has 1 atom stereocenters. The Kier molecular flexibility index (Phi) is 6.51. The number of fused-ring (bicyclic) bond motifs is 1. The molecular weight excluding hydrogens is 378 g/mol. The molecule has 134 valence electrons.